The first-order valence-corrected chi connectivity index (χ1v) is 5.18. The number of anilines is 1. The van der Waals surface area contributed by atoms with Gasteiger partial charge in [0.15, 0.2) is 6.29 Å². The molecule has 0 atom stereocenters. The quantitative estimate of drug-likeness (QED) is 0.585. The van der Waals surface area contributed by atoms with Gasteiger partial charge >= 0.3 is 6.03 Å². The molecule has 2 amide bonds. The van der Waals surface area contributed by atoms with Crippen LogP contribution in [0.3, 0.4) is 0 Å². The molecule has 0 unspecified atom stereocenters. The molecule has 0 aliphatic heterocycles. The maximum Gasteiger partial charge on any atom is 0.319 e. The van der Waals surface area contributed by atoms with E-state index in [0.29, 0.717) is 0 Å². The fourth-order valence-corrected chi connectivity index (χ4v) is 1.28. The van der Waals surface area contributed by atoms with E-state index < -0.39 is 12.3 Å². The number of nitrogens with one attached hydrogen (secondary N) is 2. The molecule has 1 rings (SSSR count). The van der Waals surface area contributed by atoms with Gasteiger partial charge in [-0.25, -0.2) is 4.79 Å². The minimum atomic E-state index is -0.534. The van der Waals surface area contributed by atoms with E-state index in [9.17, 15) is 15.0 Å². The van der Waals surface area contributed by atoms with Crippen molar-refractivity contribution in [2.24, 2.45) is 0 Å². The number of methoxy groups -OCH3 is 2. The number of hydrogen-bond donors (Lipinski definition) is 4. The second-order valence-electron chi connectivity index (χ2n) is 3.47. The van der Waals surface area contributed by atoms with E-state index >= 15 is 0 Å². The lowest BCUT2D eigenvalue weighted by Crippen LogP contribution is -2.36. The smallest absolute Gasteiger partial charge is 0.319 e. The largest absolute Gasteiger partial charge is 0.508 e. The SMILES string of the molecule is COC(CNC(=O)Nc1cc(O)cc(O)c1)OC. The van der Waals surface area contributed by atoms with Crippen LogP contribution in [-0.4, -0.2) is 43.3 Å². The van der Waals surface area contributed by atoms with Gasteiger partial charge in [-0.1, -0.05) is 0 Å². The van der Waals surface area contributed by atoms with Gasteiger partial charge < -0.3 is 30.3 Å². The molecular weight excluding hydrogens is 240 g/mol. The minimum absolute atomic E-state index is 0.142. The van der Waals surface area contributed by atoms with Crippen LogP contribution in [0.4, 0.5) is 10.5 Å². The lowest BCUT2D eigenvalue weighted by Gasteiger charge is -2.14. The number of phenols is 2. The van der Waals surface area contributed by atoms with Crippen molar-refractivity contribution in [2.75, 3.05) is 26.1 Å². The number of rotatable bonds is 5. The number of hydrogen-bond acceptors (Lipinski definition) is 5. The summed E-state index contributed by atoms with van der Waals surface area (Å²) in [6.45, 7) is 0.170. The number of phenolic OH excluding ortho intramolecular Hbond substituents is 2. The van der Waals surface area contributed by atoms with E-state index in [-0.39, 0.29) is 23.7 Å². The highest BCUT2D eigenvalue weighted by atomic mass is 16.7. The molecule has 0 bridgehead atoms. The molecule has 0 spiro atoms. The fraction of sp³-hybridized carbons (Fsp3) is 0.364. The van der Waals surface area contributed by atoms with Crippen LogP contribution in [0.25, 0.3) is 0 Å². The third kappa shape index (κ3) is 4.48. The van der Waals surface area contributed by atoms with Gasteiger partial charge in [0.05, 0.1) is 6.54 Å². The summed E-state index contributed by atoms with van der Waals surface area (Å²) in [6, 6.07) is 3.28. The fourth-order valence-electron chi connectivity index (χ4n) is 1.28. The highest BCUT2D eigenvalue weighted by Crippen LogP contribution is 2.23. The van der Waals surface area contributed by atoms with Crippen LogP contribution < -0.4 is 10.6 Å². The van der Waals surface area contributed by atoms with Gasteiger partial charge in [-0.3, -0.25) is 0 Å². The molecule has 0 aliphatic carbocycles. The standard InChI is InChI=1S/C11H16N2O5/c1-17-10(18-2)6-12-11(16)13-7-3-8(14)5-9(15)4-7/h3-5,10,14-15H,6H2,1-2H3,(H2,12,13,16). The maximum absolute atomic E-state index is 11.5. The molecule has 7 nitrogen and oxygen atoms in total. The third-order valence-electron chi connectivity index (χ3n) is 2.12. The van der Waals surface area contributed by atoms with Crippen LogP contribution in [0, 0.1) is 0 Å². The summed E-state index contributed by atoms with van der Waals surface area (Å²) in [5.41, 5.74) is 0.274. The Morgan fingerprint density at radius 3 is 2.28 bits per heavy atom. The number of carbonyl (C=O) groups is 1. The number of aromatic hydroxyl groups is 2. The summed E-state index contributed by atoms with van der Waals surface area (Å²) >= 11 is 0. The molecule has 0 saturated heterocycles. The molecular formula is C11H16N2O5. The van der Waals surface area contributed by atoms with Crippen LogP contribution in [0.15, 0.2) is 18.2 Å². The molecule has 1 aromatic carbocycles. The van der Waals surface area contributed by atoms with Crippen molar-refractivity contribution < 1.29 is 24.5 Å². The monoisotopic (exact) mass is 256 g/mol. The van der Waals surface area contributed by atoms with E-state index in [1.807, 2.05) is 0 Å². The van der Waals surface area contributed by atoms with Crippen molar-refractivity contribution in [3.63, 3.8) is 0 Å². The van der Waals surface area contributed by atoms with E-state index in [1.54, 1.807) is 0 Å². The lowest BCUT2D eigenvalue weighted by molar-refractivity contribution is -0.0970. The van der Waals surface area contributed by atoms with E-state index in [2.05, 4.69) is 10.6 Å². The summed E-state index contributed by atoms with van der Waals surface area (Å²) in [5, 5.41) is 23.4. The summed E-state index contributed by atoms with van der Waals surface area (Å²) in [7, 11) is 2.92. The highest BCUT2D eigenvalue weighted by Gasteiger charge is 2.08. The molecule has 7 heteroatoms. The molecule has 0 saturated carbocycles. The van der Waals surface area contributed by atoms with Crippen molar-refractivity contribution in [1.29, 1.82) is 0 Å². The van der Waals surface area contributed by atoms with E-state index in [1.165, 1.54) is 26.4 Å². The highest BCUT2D eigenvalue weighted by molar-refractivity contribution is 5.89. The molecule has 0 heterocycles. The molecule has 1 aromatic rings. The number of carbonyl (C=O) groups excluding carboxylic acids is 1. The van der Waals surface area contributed by atoms with Crippen molar-refractivity contribution in [2.45, 2.75) is 6.29 Å². The molecule has 0 fully saturated rings. The van der Waals surface area contributed by atoms with Crippen LogP contribution in [-0.2, 0) is 9.47 Å². The Labute approximate surface area is 104 Å². The third-order valence-corrected chi connectivity index (χ3v) is 2.12. The zero-order valence-corrected chi connectivity index (χ0v) is 10.1. The Morgan fingerprint density at radius 1 is 1.22 bits per heavy atom. The topological polar surface area (TPSA) is 100 Å². The second-order valence-corrected chi connectivity index (χ2v) is 3.47. The molecule has 0 radical (unpaired) electrons. The Balaban J connectivity index is 2.49. The van der Waals surface area contributed by atoms with Gasteiger partial charge in [0, 0.05) is 38.1 Å². The summed E-state index contributed by atoms with van der Waals surface area (Å²) in [5.74, 6) is -0.283. The van der Waals surface area contributed by atoms with Gasteiger partial charge in [-0.2, -0.15) is 0 Å². The summed E-state index contributed by atoms with van der Waals surface area (Å²) in [6.07, 6.45) is -0.534. The van der Waals surface area contributed by atoms with Crippen molar-refractivity contribution in [1.82, 2.24) is 5.32 Å². The number of urea groups is 1. The van der Waals surface area contributed by atoms with E-state index in [0.717, 1.165) is 6.07 Å². The Bertz CT molecular complexity index is 386. The number of amides is 2. The van der Waals surface area contributed by atoms with Gasteiger partial charge in [0.2, 0.25) is 0 Å². The van der Waals surface area contributed by atoms with Gasteiger partial charge in [0.1, 0.15) is 11.5 Å². The van der Waals surface area contributed by atoms with Crippen LogP contribution in [0.5, 0.6) is 11.5 Å². The van der Waals surface area contributed by atoms with Gasteiger partial charge in [0.25, 0.3) is 0 Å². The lowest BCUT2D eigenvalue weighted by atomic mass is 10.3. The summed E-state index contributed by atoms with van der Waals surface area (Å²) < 4.78 is 9.79. The zero-order chi connectivity index (χ0) is 13.5. The van der Waals surface area contributed by atoms with Crippen LogP contribution in [0.2, 0.25) is 0 Å². The average Bonchev–Trinajstić information content (AvgIpc) is 2.28. The Kier molecular flexibility index (Phi) is 5.22. The normalized spacial score (nSPS) is 10.4. The van der Waals surface area contributed by atoms with Crippen molar-refractivity contribution in [3.05, 3.63) is 18.2 Å². The Morgan fingerprint density at radius 2 is 1.78 bits per heavy atom. The summed E-state index contributed by atoms with van der Waals surface area (Å²) in [4.78, 5) is 11.5. The zero-order valence-electron chi connectivity index (χ0n) is 10.1. The van der Waals surface area contributed by atoms with E-state index in [4.69, 9.17) is 9.47 Å². The molecule has 0 aliphatic rings. The predicted octanol–water partition coefficient (Wildman–Crippen LogP) is 0.838. The predicted molar refractivity (Wildman–Crippen MR) is 64.6 cm³/mol. The van der Waals surface area contributed by atoms with Crippen molar-refractivity contribution >= 4 is 11.7 Å². The number of ether oxygens (including phenoxy) is 2. The minimum Gasteiger partial charge on any atom is -0.508 e. The Hall–Kier alpha value is -1.99. The first-order valence-electron chi connectivity index (χ1n) is 5.18. The second kappa shape index (κ2) is 6.67. The van der Waals surface area contributed by atoms with Crippen molar-refractivity contribution in [3.8, 4) is 11.5 Å². The maximum atomic E-state index is 11.5. The molecule has 4 N–H and O–H groups in total. The van der Waals surface area contributed by atoms with Gasteiger partial charge in [-0.05, 0) is 0 Å². The first kappa shape index (κ1) is 14.1. The first-order chi connectivity index (χ1) is 8.55. The van der Waals surface area contributed by atoms with Gasteiger partial charge in [-0.15, -0.1) is 0 Å². The van der Waals surface area contributed by atoms with Crippen LogP contribution in [0.1, 0.15) is 0 Å². The molecule has 100 valence electrons. The molecule has 0 aromatic heterocycles. The van der Waals surface area contributed by atoms with Crippen LogP contribution >= 0.6 is 0 Å². The number of benzene rings is 1. The molecule has 18 heavy (non-hydrogen) atoms. The average molecular weight is 256 g/mol.